The van der Waals surface area contributed by atoms with Crippen molar-refractivity contribution in [1.29, 1.82) is 0 Å². The second-order valence-corrected chi connectivity index (χ2v) is 17.1. The van der Waals surface area contributed by atoms with Crippen molar-refractivity contribution in [2.75, 3.05) is 0 Å². The Labute approximate surface area is 388 Å². The van der Waals surface area contributed by atoms with Gasteiger partial charge in [-0.05, 0) is 124 Å². The molecule has 0 fully saturated rings. The lowest BCUT2D eigenvalue weighted by atomic mass is 10.1. The Hall–Kier alpha value is -7.95. The molecule has 0 N–H and O–H groups in total. The molecule has 0 spiro atoms. The van der Waals surface area contributed by atoms with Crippen molar-refractivity contribution in [1.82, 2.24) is 33.6 Å². The third-order valence-corrected chi connectivity index (χ3v) is 12.9. The summed E-state index contributed by atoms with van der Waals surface area (Å²) in [5.41, 5.74) is 13.3. The van der Waals surface area contributed by atoms with E-state index < -0.39 is 0 Å². The number of rotatable bonds is 3. The van der Waals surface area contributed by atoms with E-state index in [0.29, 0.717) is 0 Å². The second-order valence-electron chi connectivity index (χ2n) is 16.0. The zero-order valence-corrected chi connectivity index (χ0v) is 37.2. The van der Waals surface area contributed by atoms with E-state index in [1.807, 2.05) is 48.8 Å². The van der Waals surface area contributed by atoms with Gasteiger partial charge >= 0.3 is 0 Å². The van der Waals surface area contributed by atoms with Crippen molar-refractivity contribution in [2.24, 2.45) is 0 Å². The average Bonchev–Trinajstić information content (AvgIpc) is 4.11. The van der Waals surface area contributed by atoms with Gasteiger partial charge in [-0.3, -0.25) is 18.7 Å². The number of para-hydroxylation sites is 4. The van der Waals surface area contributed by atoms with E-state index in [1.165, 1.54) is 38.4 Å². The fourth-order valence-corrected chi connectivity index (χ4v) is 9.95. The summed E-state index contributed by atoms with van der Waals surface area (Å²) in [6.45, 7) is 0. The molecule has 7 aromatic heterocycles. The van der Waals surface area contributed by atoms with Crippen LogP contribution in [0.4, 0.5) is 0 Å². The largest absolute Gasteiger partial charge is 0.294 e. The van der Waals surface area contributed by atoms with Gasteiger partial charge in [-0.2, -0.15) is 0 Å². The molecule has 7 nitrogen and oxygen atoms in total. The lowest BCUT2D eigenvalue weighted by Gasteiger charge is -2.11. The van der Waals surface area contributed by atoms with Gasteiger partial charge in [0.05, 0.1) is 33.1 Å². The summed E-state index contributed by atoms with van der Waals surface area (Å²) in [5, 5.41) is 5.96. The summed E-state index contributed by atoms with van der Waals surface area (Å²) in [6, 6.07) is 71.5. The van der Waals surface area contributed by atoms with Crippen molar-refractivity contribution in [3.63, 3.8) is 0 Å². The van der Waals surface area contributed by atoms with Crippen LogP contribution in [-0.4, -0.2) is 33.6 Å². The van der Waals surface area contributed by atoms with E-state index in [9.17, 15) is 0 Å². The van der Waals surface area contributed by atoms with Crippen molar-refractivity contribution < 1.29 is 0 Å². The molecule has 13 aromatic rings. The number of hydrogen-bond acceptors (Lipinski definition) is 4. The van der Waals surface area contributed by atoms with Crippen molar-refractivity contribution in [3.05, 3.63) is 233 Å². The number of fused-ring (bicyclic) bond motifs is 12. The van der Waals surface area contributed by atoms with Crippen LogP contribution in [0, 0.1) is 3.70 Å². The Morgan fingerprint density at radius 3 is 1.40 bits per heavy atom. The Balaban J connectivity index is 0.000000114. The van der Waals surface area contributed by atoms with E-state index in [-0.39, 0.29) is 0 Å². The first-order chi connectivity index (χ1) is 32.2. The second kappa shape index (κ2) is 16.3. The molecule has 308 valence electrons. The van der Waals surface area contributed by atoms with Gasteiger partial charge in [-0.15, -0.1) is 0 Å². The van der Waals surface area contributed by atoms with Crippen LogP contribution in [0.3, 0.4) is 0 Å². The van der Waals surface area contributed by atoms with Crippen LogP contribution in [0.2, 0.25) is 0 Å². The van der Waals surface area contributed by atoms with Gasteiger partial charge < -0.3 is 0 Å². The maximum absolute atomic E-state index is 5.16. The third-order valence-electron chi connectivity index (χ3n) is 12.3. The van der Waals surface area contributed by atoms with Gasteiger partial charge in [0.1, 0.15) is 26.8 Å². The standard InChI is InChI=1S/C28H18N4.C16H10IN3.C13H10/c1-4-12-22-19(9-1)20-10-2-5-13-23(20)31(22)26-16-7-17-27(30-26)32-24-14-6-3-11-21(24)28-25(32)15-8-18-29-28;17-14-8-3-9-15(19-14)20-13-7-2-1-5-11(13)12-6-4-10-18-16(12)20;1-3-7-12-10(5-1)9-11-6-2-4-8-13(11)12/h1-18H;1-10H;1-8H,9H2. The maximum atomic E-state index is 5.16. The first-order valence-corrected chi connectivity index (χ1v) is 22.7. The molecule has 0 atom stereocenters. The highest BCUT2D eigenvalue weighted by atomic mass is 127. The highest BCUT2D eigenvalue weighted by Gasteiger charge is 2.18. The first kappa shape index (κ1) is 38.7. The molecule has 65 heavy (non-hydrogen) atoms. The first-order valence-electron chi connectivity index (χ1n) is 21.6. The molecule has 0 aliphatic heterocycles. The minimum absolute atomic E-state index is 0.878. The summed E-state index contributed by atoms with van der Waals surface area (Å²) in [6.07, 6.45) is 4.78. The number of benzene rings is 6. The van der Waals surface area contributed by atoms with Crippen molar-refractivity contribution in [3.8, 4) is 28.6 Å². The van der Waals surface area contributed by atoms with E-state index >= 15 is 0 Å². The third kappa shape index (κ3) is 6.72. The summed E-state index contributed by atoms with van der Waals surface area (Å²) in [4.78, 5) is 19.0. The molecule has 0 saturated heterocycles. The SMILES string of the molecule is Ic1cccc(-n2c3ccccc3c3cccnc32)n1.c1cc(-n2c3ccccc3c3ccccc32)nc(-n2c3ccccc3c3ncccc32)c1.c1ccc2c(c1)Cc1ccccc1-2. The molecule has 0 unspecified atom stereocenters. The topological polar surface area (TPSA) is 66.3 Å². The minimum atomic E-state index is 0.878. The monoisotopic (exact) mass is 947 g/mol. The van der Waals surface area contributed by atoms with Gasteiger partial charge in [0.2, 0.25) is 0 Å². The van der Waals surface area contributed by atoms with Crippen molar-refractivity contribution >= 4 is 88.3 Å². The van der Waals surface area contributed by atoms with Crippen LogP contribution >= 0.6 is 22.6 Å². The van der Waals surface area contributed by atoms with Crippen LogP contribution in [0.5, 0.6) is 0 Å². The predicted molar refractivity (Wildman–Crippen MR) is 274 cm³/mol. The molecule has 8 heteroatoms. The quantitative estimate of drug-likeness (QED) is 0.131. The molecule has 0 amide bonds. The lowest BCUT2D eigenvalue weighted by Crippen LogP contribution is -2.03. The van der Waals surface area contributed by atoms with Crippen LogP contribution in [-0.2, 0) is 6.42 Å². The molecular formula is C57H38IN7. The van der Waals surface area contributed by atoms with Gasteiger partial charge in [0.25, 0.3) is 0 Å². The molecule has 0 bridgehead atoms. The Kier molecular flexibility index (Phi) is 9.71. The highest BCUT2D eigenvalue weighted by molar-refractivity contribution is 14.1. The fourth-order valence-electron chi connectivity index (χ4n) is 9.49. The van der Waals surface area contributed by atoms with Crippen LogP contribution in [0.1, 0.15) is 11.1 Å². The number of aromatic nitrogens is 7. The normalized spacial score (nSPS) is 11.7. The number of hydrogen-bond donors (Lipinski definition) is 0. The molecule has 0 saturated carbocycles. The summed E-state index contributed by atoms with van der Waals surface area (Å²) in [7, 11) is 0. The van der Waals surface area contributed by atoms with Gasteiger partial charge in [-0.25, -0.2) is 15.0 Å². The van der Waals surface area contributed by atoms with E-state index in [0.717, 1.165) is 77.1 Å². The zero-order valence-electron chi connectivity index (χ0n) is 35.0. The maximum Gasteiger partial charge on any atom is 0.146 e. The van der Waals surface area contributed by atoms with Gasteiger partial charge in [-0.1, -0.05) is 133 Å². The summed E-state index contributed by atoms with van der Waals surface area (Å²) >= 11 is 2.23. The molecule has 0 radical (unpaired) electrons. The van der Waals surface area contributed by atoms with Gasteiger partial charge in [0.15, 0.2) is 0 Å². The van der Waals surface area contributed by atoms with Crippen molar-refractivity contribution in [2.45, 2.75) is 6.42 Å². The molecule has 14 rings (SSSR count). The highest BCUT2D eigenvalue weighted by Crippen LogP contribution is 2.37. The Morgan fingerprint density at radius 1 is 0.338 bits per heavy atom. The molecule has 1 aliphatic rings. The predicted octanol–water partition coefficient (Wildman–Crippen LogP) is 14.1. The van der Waals surface area contributed by atoms with Gasteiger partial charge in [0, 0.05) is 39.3 Å². The Bertz CT molecular complexity index is 3580. The van der Waals surface area contributed by atoms with Crippen LogP contribution in [0.25, 0.3) is 94.3 Å². The average molecular weight is 948 g/mol. The van der Waals surface area contributed by atoms with E-state index in [1.54, 1.807) is 0 Å². The molecule has 6 aromatic carbocycles. The van der Waals surface area contributed by atoms with E-state index in [4.69, 9.17) is 4.98 Å². The molecule has 7 heterocycles. The Morgan fingerprint density at radius 2 is 0.769 bits per heavy atom. The molecular weight excluding hydrogens is 910 g/mol. The summed E-state index contributed by atoms with van der Waals surface area (Å²) in [5.74, 6) is 2.68. The lowest BCUT2D eigenvalue weighted by molar-refractivity contribution is 1.01. The molecule has 1 aliphatic carbocycles. The summed E-state index contributed by atoms with van der Waals surface area (Å²) < 4.78 is 7.55. The smallest absolute Gasteiger partial charge is 0.146 e. The van der Waals surface area contributed by atoms with Crippen LogP contribution < -0.4 is 0 Å². The number of nitrogens with zero attached hydrogens (tertiary/aromatic N) is 7. The minimum Gasteiger partial charge on any atom is -0.294 e. The van der Waals surface area contributed by atoms with E-state index in [2.05, 4.69) is 221 Å². The number of halogens is 1. The number of pyridine rings is 4. The van der Waals surface area contributed by atoms with Crippen LogP contribution in [0.15, 0.2) is 219 Å². The fraction of sp³-hybridized carbons (Fsp3) is 0.0175. The zero-order chi connectivity index (χ0) is 43.3.